The zero-order valence-electron chi connectivity index (χ0n) is 10.3. The summed E-state index contributed by atoms with van der Waals surface area (Å²) in [6.45, 7) is 6.31. The maximum Gasteiger partial charge on any atom is 0.253 e. The molecule has 1 aromatic rings. The number of hydrogen-bond donors (Lipinski definition) is 0. The Labute approximate surface area is 117 Å². The SMILES string of the molecule is CC(C)C1CCN(C(=O)c2cccc(I)c2)C1. The summed E-state index contributed by atoms with van der Waals surface area (Å²) in [7, 11) is 0. The second kappa shape index (κ2) is 5.38. The normalized spacial score (nSPS) is 20.0. The maximum absolute atomic E-state index is 12.3. The van der Waals surface area contributed by atoms with Gasteiger partial charge in [-0.3, -0.25) is 4.79 Å². The molecule has 1 aliphatic rings. The highest BCUT2D eigenvalue weighted by Gasteiger charge is 2.28. The Morgan fingerprint density at radius 1 is 1.47 bits per heavy atom. The quantitative estimate of drug-likeness (QED) is 0.754. The first-order chi connectivity index (χ1) is 8.08. The van der Waals surface area contributed by atoms with Gasteiger partial charge in [0.2, 0.25) is 0 Å². The lowest BCUT2D eigenvalue weighted by atomic mass is 9.95. The number of amides is 1. The molecule has 1 atom stereocenters. The first-order valence-corrected chi connectivity index (χ1v) is 7.20. The second-order valence-electron chi connectivity index (χ2n) is 5.05. The minimum absolute atomic E-state index is 0.187. The largest absolute Gasteiger partial charge is 0.338 e. The third-order valence-corrected chi connectivity index (χ3v) is 4.20. The average molecular weight is 343 g/mol. The van der Waals surface area contributed by atoms with E-state index in [0.717, 1.165) is 28.6 Å². The van der Waals surface area contributed by atoms with Gasteiger partial charge >= 0.3 is 0 Å². The molecule has 1 unspecified atom stereocenters. The van der Waals surface area contributed by atoms with Crippen LogP contribution in [0.2, 0.25) is 0 Å². The van der Waals surface area contributed by atoms with Gasteiger partial charge in [-0.2, -0.15) is 0 Å². The number of benzene rings is 1. The molecule has 2 nitrogen and oxygen atoms in total. The molecule has 3 heteroatoms. The van der Waals surface area contributed by atoms with E-state index < -0.39 is 0 Å². The molecule has 0 bridgehead atoms. The minimum Gasteiger partial charge on any atom is -0.338 e. The van der Waals surface area contributed by atoms with Gasteiger partial charge in [0, 0.05) is 22.2 Å². The van der Waals surface area contributed by atoms with Crippen LogP contribution >= 0.6 is 22.6 Å². The molecular formula is C14H18INO. The summed E-state index contributed by atoms with van der Waals surface area (Å²) in [6, 6.07) is 7.84. The van der Waals surface area contributed by atoms with E-state index in [9.17, 15) is 4.79 Å². The molecule has 1 saturated heterocycles. The van der Waals surface area contributed by atoms with Gasteiger partial charge in [0.05, 0.1) is 0 Å². The van der Waals surface area contributed by atoms with Crippen LogP contribution in [-0.4, -0.2) is 23.9 Å². The molecule has 0 saturated carbocycles. The molecule has 2 rings (SSSR count). The van der Waals surface area contributed by atoms with Gasteiger partial charge in [0.25, 0.3) is 5.91 Å². The van der Waals surface area contributed by atoms with Crippen LogP contribution in [0.3, 0.4) is 0 Å². The zero-order chi connectivity index (χ0) is 12.4. The van der Waals surface area contributed by atoms with Crippen LogP contribution < -0.4 is 0 Å². The van der Waals surface area contributed by atoms with Gasteiger partial charge in [-0.15, -0.1) is 0 Å². The lowest BCUT2D eigenvalue weighted by Crippen LogP contribution is -2.29. The first-order valence-electron chi connectivity index (χ1n) is 6.13. The summed E-state index contributed by atoms with van der Waals surface area (Å²) in [5.41, 5.74) is 0.821. The van der Waals surface area contributed by atoms with E-state index in [1.54, 1.807) is 0 Å². The molecule has 1 amide bonds. The first kappa shape index (κ1) is 12.9. The van der Waals surface area contributed by atoms with Crippen molar-refractivity contribution in [1.29, 1.82) is 0 Å². The van der Waals surface area contributed by atoms with E-state index in [2.05, 4.69) is 36.4 Å². The van der Waals surface area contributed by atoms with Crippen molar-refractivity contribution in [3.05, 3.63) is 33.4 Å². The Bertz CT molecular complexity index is 416. The highest BCUT2D eigenvalue weighted by Crippen LogP contribution is 2.25. The van der Waals surface area contributed by atoms with E-state index in [4.69, 9.17) is 0 Å². The van der Waals surface area contributed by atoms with Crippen LogP contribution in [0, 0.1) is 15.4 Å². The molecule has 17 heavy (non-hydrogen) atoms. The number of likely N-dealkylation sites (tertiary alicyclic amines) is 1. The summed E-state index contributed by atoms with van der Waals surface area (Å²) in [4.78, 5) is 14.3. The highest BCUT2D eigenvalue weighted by atomic mass is 127. The fourth-order valence-corrected chi connectivity index (χ4v) is 2.86. The highest BCUT2D eigenvalue weighted by molar-refractivity contribution is 14.1. The lowest BCUT2D eigenvalue weighted by molar-refractivity contribution is 0.0784. The van der Waals surface area contributed by atoms with E-state index in [-0.39, 0.29) is 5.91 Å². The van der Waals surface area contributed by atoms with Crippen LogP contribution in [0.4, 0.5) is 0 Å². The number of nitrogens with zero attached hydrogens (tertiary/aromatic N) is 1. The minimum atomic E-state index is 0.187. The standard InChI is InChI=1S/C14H18INO/c1-10(2)12-6-7-16(9-12)14(17)11-4-3-5-13(15)8-11/h3-5,8,10,12H,6-7,9H2,1-2H3. The number of hydrogen-bond acceptors (Lipinski definition) is 1. The third kappa shape index (κ3) is 3.00. The smallest absolute Gasteiger partial charge is 0.253 e. The molecule has 1 aromatic carbocycles. The van der Waals surface area contributed by atoms with Crippen LogP contribution in [0.15, 0.2) is 24.3 Å². The molecule has 0 aromatic heterocycles. The zero-order valence-corrected chi connectivity index (χ0v) is 12.5. The van der Waals surface area contributed by atoms with E-state index >= 15 is 0 Å². The van der Waals surface area contributed by atoms with Gasteiger partial charge in [-0.05, 0) is 59.0 Å². The van der Waals surface area contributed by atoms with Gasteiger partial charge in [0.15, 0.2) is 0 Å². The van der Waals surface area contributed by atoms with Crippen molar-refractivity contribution in [2.75, 3.05) is 13.1 Å². The number of carbonyl (C=O) groups is 1. The van der Waals surface area contributed by atoms with Crippen molar-refractivity contribution in [2.24, 2.45) is 11.8 Å². The van der Waals surface area contributed by atoms with Gasteiger partial charge in [0.1, 0.15) is 0 Å². The fraction of sp³-hybridized carbons (Fsp3) is 0.500. The summed E-state index contributed by atoms with van der Waals surface area (Å²) >= 11 is 2.25. The molecule has 1 aliphatic heterocycles. The molecule has 1 fully saturated rings. The third-order valence-electron chi connectivity index (χ3n) is 3.53. The predicted octanol–water partition coefficient (Wildman–Crippen LogP) is 3.41. The summed E-state index contributed by atoms with van der Waals surface area (Å²) < 4.78 is 1.12. The predicted molar refractivity (Wildman–Crippen MR) is 78.0 cm³/mol. The van der Waals surface area contributed by atoms with Crippen LogP contribution in [0.1, 0.15) is 30.6 Å². The van der Waals surface area contributed by atoms with Crippen molar-refractivity contribution >= 4 is 28.5 Å². The number of rotatable bonds is 2. The van der Waals surface area contributed by atoms with Crippen molar-refractivity contribution in [2.45, 2.75) is 20.3 Å². The Morgan fingerprint density at radius 2 is 2.24 bits per heavy atom. The van der Waals surface area contributed by atoms with Crippen LogP contribution in [0.25, 0.3) is 0 Å². The Kier molecular flexibility index (Phi) is 4.07. The summed E-state index contributed by atoms with van der Waals surface area (Å²) in [6.07, 6.45) is 1.15. The number of carbonyl (C=O) groups excluding carboxylic acids is 1. The molecule has 0 N–H and O–H groups in total. The van der Waals surface area contributed by atoms with Gasteiger partial charge < -0.3 is 4.90 Å². The van der Waals surface area contributed by atoms with Crippen molar-refractivity contribution in [1.82, 2.24) is 4.90 Å². The molecule has 0 radical (unpaired) electrons. The van der Waals surface area contributed by atoms with Gasteiger partial charge in [-0.1, -0.05) is 19.9 Å². The monoisotopic (exact) mass is 343 g/mol. The molecule has 0 spiro atoms. The van der Waals surface area contributed by atoms with E-state index in [0.29, 0.717) is 11.8 Å². The maximum atomic E-state index is 12.3. The van der Waals surface area contributed by atoms with Crippen LogP contribution in [0.5, 0.6) is 0 Å². The molecule has 1 heterocycles. The Balaban J connectivity index is 2.07. The van der Waals surface area contributed by atoms with Gasteiger partial charge in [-0.25, -0.2) is 0 Å². The molecular weight excluding hydrogens is 325 g/mol. The van der Waals surface area contributed by atoms with E-state index in [1.807, 2.05) is 29.2 Å². The Hall–Kier alpha value is -0.580. The van der Waals surface area contributed by atoms with Crippen LogP contribution in [-0.2, 0) is 0 Å². The van der Waals surface area contributed by atoms with E-state index in [1.165, 1.54) is 0 Å². The lowest BCUT2D eigenvalue weighted by Gasteiger charge is -2.18. The fourth-order valence-electron chi connectivity index (χ4n) is 2.32. The average Bonchev–Trinajstić information content (AvgIpc) is 2.77. The second-order valence-corrected chi connectivity index (χ2v) is 6.30. The van der Waals surface area contributed by atoms with Crippen molar-refractivity contribution in [3.63, 3.8) is 0 Å². The topological polar surface area (TPSA) is 20.3 Å². The summed E-state index contributed by atoms with van der Waals surface area (Å²) in [5, 5.41) is 0. The van der Waals surface area contributed by atoms with Crippen molar-refractivity contribution in [3.8, 4) is 0 Å². The summed E-state index contributed by atoms with van der Waals surface area (Å²) in [5.74, 6) is 1.53. The molecule has 92 valence electrons. The Morgan fingerprint density at radius 3 is 2.82 bits per heavy atom. The van der Waals surface area contributed by atoms with Crippen molar-refractivity contribution < 1.29 is 4.79 Å². The molecule has 0 aliphatic carbocycles. The number of halogens is 1.